The van der Waals surface area contributed by atoms with Crippen LogP contribution in [0.15, 0.2) is 91.3 Å². The highest BCUT2D eigenvalue weighted by Crippen LogP contribution is 2.29. The summed E-state index contributed by atoms with van der Waals surface area (Å²) in [7, 11) is 0. The first-order valence-electron chi connectivity index (χ1n) is 11.8. The molecule has 1 saturated heterocycles. The van der Waals surface area contributed by atoms with Gasteiger partial charge in [0, 0.05) is 50.5 Å². The van der Waals surface area contributed by atoms with Gasteiger partial charge in [-0.2, -0.15) is 0 Å². The van der Waals surface area contributed by atoms with Crippen molar-refractivity contribution in [2.24, 2.45) is 0 Å². The highest BCUT2D eigenvalue weighted by atomic mass is 15.3. The summed E-state index contributed by atoms with van der Waals surface area (Å²) in [4.78, 5) is 9.82. The third kappa shape index (κ3) is 4.77. The summed E-state index contributed by atoms with van der Waals surface area (Å²) in [5.74, 6) is 0. The zero-order valence-electron chi connectivity index (χ0n) is 18.7. The Morgan fingerprint density at radius 3 is 2.03 bits per heavy atom. The number of hydrogen-bond donors (Lipinski definition) is 0. The van der Waals surface area contributed by atoms with Crippen LogP contribution in [-0.2, 0) is 6.54 Å². The molecule has 0 saturated carbocycles. The minimum Gasteiger partial charge on any atom is -0.333 e. The smallest absolute Gasteiger partial charge is 0.139 e. The second kappa shape index (κ2) is 10.1. The monoisotopic (exact) mass is 424 g/mol. The third-order valence-electron chi connectivity index (χ3n) is 6.65. The Kier molecular flexibility index (Phi) is 6.61. The van der Waals surface area contributed by atoms with E-state index in [-0.39, 0.29) is 0 Å². The fraction of sp³-hybridized carbons (Fsp3) is 0.321. The third-order valence-corrected chi connectivity index (χ3v) is 6.65. The molecule has 4 nitrogen and oxygen atoms in total. The molecule has 164 valence electrons. The maximum Gasteiger partial charge on any atom is 0.139 e. The van der Waals surface area contributed by atoms with Crippen molar-refractivity contribution in [2.45, 2.75) is 25.4 Å². The van der Waals surface area contributed by atoms with Crippen LogP contribution in [0.2, 0.25) is 0 Å². The number of unbranched alkanes of at least 4 members (excludes halogenated alkanes) is 1. The van der Waals surface area contributed by atoms with Crippen molar-refractivity contribution < 1.29 is 0 Å². The van der Waals surface area contributed by atoms with Crippen LogP contribution in [0.5, 0.6) is 0 Å². The van der Waals surface area contributed by atoms with Gasteiger partial charge in [-0.1, -0.05) is 60.7 Å². The zero-order valence-corrected chi connectivity index (χ0v) is 18.7. The molecule has 0 unspecified atom stereocenters. The van der Waals surface area contributed by atoms with Gasteiger partial charge in [0.05, 0.1) is 6.04 Å². The van der Waals surface area contributed by atoms with Gasteiger partial charge in [0.1, 0.15) is 5.65 Å². The summed E-state index contributed by atoms with van der Waals surface area (Å²) in [6, 6.07) is 28.6. The molecule has 0 aliphatic carbocycles. The lowest BCUT2D eigenvalue weighted by Gasteiger charge is -2.39. The first-order chi connectivity index (χ1) is 15.9. The van der Waals surface area contributed by atoms with Crippen molar-refractivity contribution in [1.82, 2.24) is 19.4 Å². The Balaban J connectivity index is 1.14. The van der Waals surface area contributed by atoms with E-state index in [0.717, 1.165) is 38.4 Å². The average molecular weight is 425 g/mol. The highest BCUT2D eigenvalue weighted by molar-refractivity contribution is 5.75. The number of hydrogen-bond acceptors (Lipinski definition) is 3. The molecular formula is C28H32N4. The molecule has 0 amide bonds. The fourth-order valence-corrected chi connectivity index (χ4v) is 4.95. The van der Waals surface area contributed by atoms with Crippen LogP contribution in [0.1, 0.15) is 30.0 Å². The molecule has 0 bridgehead atoms. The molecule has 0 radical (unpaired) electrons. The number of fused-ring (bicyclic) bond motifs is 1. The number of benzene rings is 2. The Hall–Kier alpha value is -2.95. The number of aryl methyl sites for hydroxylation is 1. The van der Waals surface area contributed by atoms with E-state index in [0.29, 0.717) is 6.04 Å². The van der Waals surface area contributed by atoms with Crippen LogP contribution in [0.25, 0.3) is 11.0 Å². The SMILES string of the molecule is c1ccc(C(c2ccccc2)N2CCN(CCCCn3ccc4cccnc43)CC2)cc1. The van der Waals surface area contributed by atoms with E-state index in [4.69, 9.17) is 0 Å². The molecule has 0 atom stereocenters. The Labute approximate surface area is 191 Å². The predicted octanol–water partition coefficient (Wildman–Crippen LogP) is 5.22. The van der Waals surface area contributed by atoms with Crippen molar-refractivity contribution in [3.63, 3.8) is 0 Å². The van der Waals surface area contributed by atoms with Crippen LogP contribution >= 0.6 is 0 Å². The van der Waals surface area contributed by atoms with Gasteiger partial charge in [0.25, 0.3) is 0 Å². The van der Waals surface area contributed by atoms with Gasteiger partial charge in [0.15, 0.2) is 0 Å². The second-order valence-corrected chi connectivity index (χ2v) is 8.73. The van der Waals surface area contributed by atoms with Gasteiger partial charge in [-0.15, -0.1) is 0 Å². The zero-order chi connectivity index (χ0) is 21.6. The topological polar surface area (TPSA) is 24.3 Å². The molecule has 2 aromatic carbocycles. The quantitative estimate of drug-likeness (QED) is 0.362. The molecule has 2 aromatic heterocycles. The van der Waals surface area contributed by atoms with Gasteiger partial charge < -0.3 is 9.47 Å². The summed E-state index contributed by atoms with van der Waals surface area (Å²) < 4.78 is 2.29. The minimum atomic E-state index is 0.342. The molecule has 4 heteroatoms. The molecular weight excluding hydrogens is 392 g/mol. The van der Waals surface area contributed by atoms with Crippen molar-refractivity contribution in [3.8, 4) is 0 Å². The minimum absolute atomic E-state index is 0.342. The molecule has 5 rings (SSSR count). The van der Waals surface area contributed by atoms with Crippen LogP contribution in [-0.4, -0.2) is 52.1 Å². The van der Waals surface area contributed by atoms with E-state index >= 15 is 0 Å². The summed E-state index contributed by atoms with van der Waals surface area (Å²) in [6.45, 7) is 6.74. The van der Waals surface area contributed by atoms with Crippen LogP contribution < -0.4 is 0 Å². The van der Waals surface area contributed by atoms with Crippen LogP contribution in [0.3, 0.4) is 0 Å². The maximum absolute atomic E-state index is 4.53. The average Bonchev–Trinajstić information content (AvgIpc) is 3.27. The van der Waals surface area contributed by atoms with Gasteiger partial charge in [-0.05, 0) is 48.7 Å². The number of piperazine rings is 1. The van der Waals surface area contributed by atoms with E-state index in [9.17, 15) is 0 Å². The standard InChI is InChI=1S/C28H32N4/c1-3-10-24(11-4-1)27(25-12-5-2-6-13-25)31-22-20-30(21-23-31)17-7-8-18-32-19-15-26-14-9-16-29-28(26)32/h1-6,9-16,19,27H,7-8,17-18,20-23H2. The fourth-order valence-electron chi connectivity index (χ4n) is 4.95. The molecule has 0 N–H and O–H groups in total. The Bertz CT molecular complexity index is 1060. The van der Waals surface area contributed by atoms with E-state index < -0.39 is 0 Å². The van der Waals surface area contributed by atoms with E-state index in [1.54, 1.807) is 0 Å². The van der Waals surface area contributed by atoms with Gasteiger partial charge in [0.2, 0.25) is 0 Å². The normalized spacial score (nSPS) is 15.5. The lowest BCUT2D eigenvalue weighted by molar-refractivity contribution is 0.108. The lowest BCUT2D eigenvalue weighted by Crippen LogP contribution is -2.48. The Morgan fingerprint density at radius 1 is 0.688 bits per heavy atom. The molecule has 3 heterocycles. The summed E-state index contributed by atoms with van der Waals surface area (Å²) >= 11 is 0. The second-order valence-electron chi connectivity index (χ2n) is 8.73. The predicted molar refractivity (Wildman–Crippen MR) is 132 cm³/mol. The van der Waals surface area contributed by atoms with Crippen molar-refractivity contribution in [3.05, 3.63) is 102 Å². The van der Waals surface area contributed by atoms with E-state index in [2.05, 4.69) is 98.3 Å². The first-order valence-corrected chi connectivity index (χ1v) is 11.8. The van der Waals surface area contributed by atoms with Gasteiger partial charge >= 0.3 is 0 Å². The maximum atomic E-state index is 4.53. The molecule has 1 aliphatic heterocycles. The van der Waals surface area contributed by atoms with Crippen molar-refractivity contribution in [1.29, 1.82) is 0 Å². The van der Waals surface area contributed by atoms with Crippen molar-refractivity contribution >= 4 is 11.0 Å². The van der Waals surface area contributed by atoms with Crippen molar-refractivity contribution in [2.75, 3.05) is 32.7 Å². The number of pyridine rings is 1. The molecule has 0 spiro atoms. The Morgan fingerprint density at radius 2 is 1.34 bits per heavy atom. The lowest BCUT2D eigenvalue weighted by atomic mass is 9.96. The highest BCUT2D eigenvalue weighted by Gasteiger charge is 2.26. The first kappa shape index (κ1) is 20.9. The largest absolute Gasteiger partial charge is 0.333 e. The molecule has 1 aliphatic rings. The number of rotatable bonds is 8. The number of nitrogens with zero attached hydrogens (tertiary/aromatic N) is 4. The summed E-state index contributed by atoms with van der Waals surface area (Å²) in [5, 5.41) is 1.23. The van der Waals surface area contributed by atoms with Crippen LogP contribution in [0.4, 0.5) is 0 Å². The summed E-state index contributed by atoms with van der Waals surface area (Å²) in [6.07, 6.45) is 6.48. The van der Waals surface area contributed by atoms with E-state index in [1.165, 1.54) is 35.9 Å². The molecule has 32 heavy (non-hydrogen) atoms. The van der Waals surface area contributed by atoms with Crippen LogP contribution in [0, 0.1) is 0 Å². The number of aromatic nitrogens is 2. The van der Waals surface area contributed by atoms with Gasteiger partial charge in [-0.25, -0.2) is 4.98 Å². The summed E-state index contributed by atoms with van der Waals surface area (Å²) in [5.41, 5.74) is 3.88. The molecule has 1 fully saturated rings. The van der Waals surface area contributed by atoms with Gasteiger partial charge in [-0.3, -0.25) is 4.90 Å². The van der Waals surface area contributed by atoms with E-state index in [1.807, 2.05) is 12.3 Å². The molecule has 4 aromatic rings.